The number of carboxylic acids is 1. The maximum atomic E-state index is 12.8. The largest absolute Gasteiger partial charge is 0.477 e. The summed E-state index contributed by atoms with van der Waals surface area (Å²) in [5, 5.41) is 9.67. The van der Waals surface area contributed by atoms with Gasteiger partial charge in [-0.15, -0.1) is 0 Å². The summed E-state index contributed by atoms with van der Waals surface area (Å²) in [7, 11) is 5.55. The number of allylic oxidation sites excluding steroid dienone is 8. The lowest BCUT2D eigenvalue weighted by molar-refractivity contribution is -0.887. The normalized spacial score (nSPS) is 13.1. The fourth-order valence-corrected chi connectivity index (χ4v) is 8.44. The van der Waals surface area contributed by atoms with E-state index in [4.69, 9.17) is 14.2 Å². The van der Waals surface area contributed by atoms with E-state index in [1.165, 1.54) is 161 Å². The highest BCUT2D eigenvalue weighted by Gasteiger charge is 2.31. The van der Waals surface area contributed by atoms with E-state index in [2.05, 4.69) is 62.5 Å². The predicted octanol–water partition coefficient (Wildman–Crippen LogP) is 16.7. The fraction of sp³-hybridized carbons (Fsp3) is 0.814. The number of nitrogens with zero attached hydrogens (tertiary/aromatic N) is 1. The average molecular weight is 944 g/mol. The van der Waals surface area contributed by atoms with Crippen molar-refractivity contribution >= 4 is 17.9 Å². The van der Waals surface area contributed by atoms with Gasteiger partial charge in [0.2, 0.25) is 0 Å². The maximum Gasteiger partial charge on any atom is 0.362 e. The lowest BCUT2D eigenvalue weighted by Gasteiger charge is -2.31. The van der Waals surface area contributed by atoms with Crippen molar-refractivity contribution in [3.63, 3.8) is 0 Å². The molecule has 1 N–H and O–H groups in total. The predicted molar refractivity (Wildman–Crippen MR) is 284 cm³/mol. The van der Waals surface area contributed by atoms with Gasteiger partial charge in [0, 0.05) is 19.3 Å². The van der Waals surface area contributed by atoms with E-state index in [1.807, 2.05) is 21.1 Å². The molecule has 0 rings (SSSR count). The van der Waals surface area contributed by atoms with Gasteiger partial charge in [-0.05, 0) is 51.4 Å². The van der Waals surface area contributed by atoms with Crippen molar-refractivity contribution in [2.75, 3.05) is 41.0 Å². The Bertz CT molecular complexity index is 1230. The molecule has 0 spiro atoms. The number of unbranched alkanes of at least 4 members (excludes halogenated alkanes) is 29. The number of aliphatic carboxylic acids is 1. The van der Waals surface area contributed by atoms with Crippen LogP contribution >= 0.6 is 0 Å². The molecule has 2 unspecified atom stereocenters. The minimum atomic E-state index is -0.873. The van der Waals surface area contributed by atoms with E-state index in [0.29, 0.717) is 19.3 Å². The number of likely N-dealkylation sites (N-methyl/N-ethyl adjacent to an activating group) is 1. The first-order valence-electron chi connectivity index (χ1n) is 28.2. The topological polar surface area (TPSA) is 99.1 Å². The van der Waals surface area contributed by atoms with Crippen LogP contribution in [0.3, 0.4) is 0 Å². The van der Waals surface area contributed by atoms with Crippen LogP contribution in [0.25, 0.3) is 0 Å². The Kier molecular flexibility index (Phi) is 47.7. The van der Waals surface area contributed by atoms with Gasteiger partial charge in [-0.3, -0.25) is 9.59 Å². The van der Waals surface area contributed by atoms with E-state index in [1.54, 1.807) is 0 Å². The number of hydrogen-bond acceptors (Lipinski definition) is 6. The Hall–Kier alpha value is -2.71. The van der Waals surface area contributed by atoms with Crippen LogP contribution in [0.5, 0.6) is 0 Å². The molecule has 0 saturated heterocycles. The summed E-state index contributed by atoms with van der Waals surface area (Å²) in [6.45, 7) is 4.66. The van der Waals surface area contributed by atoms with Crippen LogP contribution in [0, 0.1) is 0 Å². The van der Waals surface area contributed by atoms with Crippen molar-refractivity contribution in [2.24, 2.45) is 0 Å². The summed E-state index contributed by atoms with van der Waals surface area (Å²) >= 11 is 0. The van der Waals surface area contributed by atoms with Crippen LogP contribution in [0.15, 0.2) is 48.6 Å². The van der Waals surface area contributed by atoms with Crippen LogP contribution in [0.2, 0.25) is 0 Å². The number of carboxylic acid groups (broad SMARTS) is 1. The molecule has 8 nitrogen and oxygen atoms in total. The van der Waals surface area contributed by atoms with Gasteiger partial charge < -0.3 is 23.8 Å². The molecule has 0 fully saturated rings. The smallest absolute Gasteiger partial charge is 0.362 e. The summed E-state index contributed by atoms with van der Waals surface area (Å²) in [5.74, 6) is -1.46. The molecule has 0 saturated carbocycles. The first kappa shape index (κ1) is 64.3. The van der Waals surface area contributed by atoms with Gasteiger partial charge in [0.1, 0.15) is 6.61 Å². The third-order valence-corrected chi connectivity index (χ3v) is 12.7. The van der Waals surface area contributed by atoms with Crippen molar-refractivity contribution in [1.29, 1.82) is 0 Å². The zero-order chi connectivity index (χ0) is 49.2. The molecule has 0 amide bonds. The first-order chi connectivity index (χ1) is 32.6. The number of carbonyl (C=O) groups excluding carboxylic acids is 2. The standard InChI is InChI=1S/C59H107NO7/c1-6-8-10-12-14-16-18-20-22-24-26-28-29-30-32-34-36-38-40-42-44-46-48-50-58(62)67-55(53-65-52-51-56(59(63)64)60(3,4)5)54-66-57(61)49-47-45-43-41-39-37-35-33-31-27-25-23-21-19-17-15-13-11-9-7-2/h8,10,14,16,20,22,26,28,55-56H,6-7,9,11-13,15,17-19,21,23-25,27,29-54H2,1-5H3/p+1/b10-8-,16-14-,22-20-,28-26-. The minimum absolute atomic E-state index is 0.0497. The summed E-state index contributed by atoms with van der Waals surface area (Å²) in [5.41, 5.74) is 0. The van der Waals surface area contributed by atoms with Gasteiger partial charge in [0.05, 0.1) is 34.4 Å². The van der Waals surface area contributed by atoms with Crippen LogP contribution in [0.4, 0.5) is 0 Å². The Morgan fingerprint density at radius 3 is 1.24 bits per heavy atom. The molecule has 0 aliphatic carbocycles. The zero-order valence-electron chi connectivity index (χ0n) is 44.6. The van der Waals surface area contributed by atoms with Gasteiger partial charge in [-0.1, -0.05) is 236 Å². The Labute approximate surface area is 414 Å². The second kappa shape index (κ2) is 49.7. The molecule has 67 heavy (non-hydrogen) atoms. The molecule has 0 aromatic rings. The van der Waals surface area contributed by atoms with Crippen molar-refractivity contribution in [3.8, 4) is 0 Å². The van der Waals surface area contributed by atoms with Gasteiger partial charge in [-0.2, -0.15) is 0 Å². The third kappa shape index (κ3) is 48.1. The molecule has 2 atom stereocenters. The molecule has 390 valence electrons. The van der Waals surface area contributed by atoms with Gasteiger partial charge in [-0.25, -0.2) is 4.79 Å². The number of ether oxygens (including phenoxy) is 3. The van der Waals surface area contributed by atoms with Crippen LogP contribution in [-0.2, 0) is 28.6 Å². The Morgan fingerprint density at radius 2 is 0.836 bits per heavy atom. The van der Waals surface area contributed by atoms with Crippen LogP contribution < -0.4 is 0 Å². The number of hydrogen-bond donors (Lipinski definition) is 1. The maximum absolute atomic E-state index is 12.8. The lowest BCUT2D eigenvalue weighted by atomic mass is 10.0. The molecular weight excluding hydrogens is 835 g/mol. The summed E-state index contributed by atoms with van der Waals surface area (Å²) in [6.07, 6.45) is 61.7. The highest BCUT2D eigenvalue weighted by molar-refractivity contribution is 5.72. The highest BCUT2D eigenvalue weighted by Crippen LogP contribution is 2.17. The number of esters is 2. The van der Waals surface area contributed by atoms with Crippen molar-refractivity contribution in [3.05, 3.63) is 48.6 Å². The number of rotatable bonds is 51. The fourth-order valence-electron chi connectivity index (χ4n) is 8.44. The van der Waals surface area contributed by atoms with E-state index in [-0.39, 0.29) is 36.2 Å². The second-order valence-electron chi connectivity index (χ2n) is 20.2. The minimum Gasteiger partial charge on any atom is -0.477 e. The highest BCUT2D eigenvalue weighted by atomic mass is 16.6. The first-order valence-corrected chi connectivity index (χ1v) is 28.2. The quantitative estimate of drug-likeness (QED) is 0.0281. The Balaban J connectivity index is 4.17. The second-order valence-corrected chi connectivity index (χ2v) is 20.2. The van der Waals surface area contributed by atoms with Crippen molar-refractivity contribution in [1.82, 2.24) is 0 Å². The molecule has 0 radical (unpaired) electrons. The third-order valence-electron chi connectivity index (χ3n) is 12.7. The molecule has 0 aliphatic rings. The van der Waals surface area contributed by atoms with Crippen LogP contribution in [0.1, 0.15) is 258 Å². The zero-order valence-corrected chi connectivity index (χ0v) is 44.6. The van der Waals surface area contributed by atoms with E-state index < -0.39 is 18.1 Å². The van der Waals surface area contributed by atoms with E-state index in [0.717, 1.165) is 64.2 Å². The monoisotopic (exact) mass is 943 g/mol. The summed E-state index contributed by atoms with van der Waals surface area (Å²) < 4.78 is 17.4. The molecular formula is C59H108NO7+. The van der Waals surface area contributed by atoms with Gasteiger partial charge in [0.15, 0.2) is 12.1 Å². The van der Waals surface area contributed by atoms with Crippen molar-refractivity contribution in [2.45, 2.75) is 270 Å². The Morgan fingerprint density at radius 1 is 0.463 bits per heavy atom. The molecule has 0 aromatic carbocycles. The summed E-state index contributed by atoms with van der Waals surface area (Å²) in [6, 6.07) is -0.616. The summed E-state index contributed by atoms with van der Waals surface area (Å²) in [4.78, 5) is 37.3. The van der Waals surface area contributed by atoms with Crippen LogP contribution in [-0.4, -0.2) is 80.6 Å². The molecule has 0 aliphatic heterocycles. The SMILES string of the molecule is CC/C=C\C/C=C\C/C=C\C/C=C\CCCCCCCCCCCCC(=O)OC(COCCC(C(=O)O)[N+](C)(C)C)COC(=O)CCCCCCCCCCCCCCCCCCCCCC. The van der Waals surface area contributed by atoms with Gasteiger partial charge >= 0.3 is 17.9 Å². The lowest BCUT2D eigenvalue weighted by Crippen LogP contribution is -2.50. The molecule has 0 bridgehead atoms. The molecule has 0 heterocycles. The number of carbonyl (C=O) groups is 3. The number of quaternary nitrogens is 1. The van der Waals surface area contributed by atoms with E-state index in [9.17, 15) is 19.5 Å². The van der Waals surface area contributed by atoms with E-state index >= 15 is 0 Å². The molecule has 0 aromatic heterocycles. The average Bonchev–Trinajstić information content (AvgIpc) is 3.29. The van der Waals surface area contributed by atoms with Crippen molar-refractivity contribution < 1.29 is 38.2 Å². The molecule has 8 heteroatoms. The van der Waals surface area contributed by atoms with Gasteiger partial charge in [0.25, 0.3) is 0 Å².